The molecule has 0 spiro atoms. The largest absolute Gasteiger partial charge is 0.326 e. The first kappa shape index (κ1) is 13.5. The van der Waals surface area contributed by atoms with Gasteiger partial charge in [0.1, 0.15) is 5.82 Å². The first-order valence-corrected chi connectivity index (χ1v) is 7.07. The summed E-state index contributed by atoms with van der Waals surface area (Å²) in [5.41, 5.74) is 6.76. The molecule has 3 N–H and O–H groups in total. The molecule has 0 fully saturated rings. The van der Waals surface area contributed by atoms with Crippen LogP contribution in [0.3, 0.4) is 0 Å². The van der Waals surface area contributed by atoms with Crippen molar-refractivity contribution < 1.29 is 12.8 Å². The van der Waals surface area contributed by atoms with E-state index in [2.05, 4.69) is 4.72 Å². The van der Waals surface area contributed by atoms with Crippen LogP contribution in [0, 0.1) is 5.82 Å². The first-order chi connectivity index (χ1) is 9.01. The number of rotatable bonds is 4. The minimum absolute atomic E-state index is 0.115. The lowest BCUT2D eigenvalue weighted by Gasteiger charge is -2.08. The summed E-state index contributed by atoms with van der Waals surface area (Å²) in [6, 6.07) is 11.5. The minimum Gasteiger partial charge on any atom is -0.326 e. The topological polar surface area (TPSA) is 72.2 Å². The van der Waals surface area contributed by atoms with Crippen LogP contribution in [0.25, 0.3) is 0 Å². The Labute approximate surface area is 111 Å². The normalized spacial score (nSPS) is 11.3. The van der Waals surface area contributed by atoms with Gasteiger partial charge in [0.25, 0.3) is 10.0 Å². The zero-order valence-corrected chi connectivity index (χ0v) is 10.8. The van der Waals surface area contributed by atoms with Crippen molar-refractivity contribution in [3.05, 3.63) is 59.9 Å². The molecule has 0 unspecified atom stereocenters. The van der Waals surface area contributed by atoms with Crippen LogP contribution in [-0.2, 0) is 16.6 Å². The molecule has 2 aromatic rings. The molecule has 19 heavy (non-hydrogen) atoms. The van der Waals surface area contributed by atoms with Crippen molar-refractivity contribution in [3.8, 4) is 0 Å². The smallest absolute Gasteiger partial charge is 0.261 e. The van der Waals surface area contributed by atoms with Gasteiger partial charge >= 0.3 is 0 Å². The van der Waals surface area contributed by atoms with E-state index >= 15 is 0 Å². The van der Waals surface area contributed by atoms with Gasteiger partial charge in [-0.1, -0.05) is 18.2 Å². The van der Waals surface area contributed by atoms with E-state index in [9.17, 15) is 12.8 Å². The number of nitrogens with one attached hydrogen (secondary N) is 1. The van der Waals surface area contributed by atoms with Gasteiger partial charge in [-0.15, -0.1) is 0 Å². The molecule has 6 heteroatoms. The Balaban J connectivity index is 2.25. The molecule has 0 saturated heterocycles. The van der Waals surface area contributed by atoms with Crippen LogP contribution >= 0.6 is 0 Å². The maximum absolute atomic E-state index is 13.0. The lowest BCUT2D eigenvalue weighted by atomic mass is 10.2. The van der Waals surface area contributed by atoms with Gasteiger partial charge in [0.15, 0.2) is 0 Å². The Kier molecular flexibility index (Phi) is 3.82. The summed E-state index contributed by atoms with van der Waals surface area (Å²) in [5, 5.41) is 0. The Bertz CT molecular complexity index is 669. The van der Waals surface area contributed by atoms with Crippen LogP contribution < -0.4 is 10.5 Å². The maximum Gasteiger partial charge on any atom is 0.261 e. The van der Waals surface area contributed by atoms with E-state index in [0.29, 0.717) is 12.2 Å². The fraction of sp³-hybridized carbons (Fsp3) is 0.0769. The molecule has 0 aliphatic heterocycles. The molecule has 0 atom stereocenters. The van der Waals surface area contributed by atoms with Gasteiger partial charge < -0.3 is 5.73 Å². The summed E-state index contributed by atoms with van der Waals surface area (Å²) in [6.07, 6.45) is 0. The van der Waals surface area contributed by atoms with E-state index in [-0.39, 0.29) is 4.90 Å². The fourth-order valence-electron chi connectivity index (χ4n) is 1.56. The van der Waals surface area contributed by atoms with Crippen LogP contribution in [0.1, 0.15) is 5.56 Å². The molecule has 0 saturated carbocycles. The van der Waals surface area contributed by atoms with Crippen molar-refractivity contribution in [1.29, 1.82) is 0 Å². The molecule has 0 aliphatic rings. The van der Waals surface area contributed by atoms with Crippen molar-refractivity contribution >= 4 is 15.7 Å². The molecule has 2 rings (SSSR count). The van der Waals surface area contributed by atoms with Crippen molar-refractivity contribution in [2.24, 2.45) is 5.73 Å². The standard InChI is InChI=1S/C13H13FN2O2S/c14-11-2-1-3-13(8-11)19(17,18)16-12-6-4-10(9-15)5-7-12/h1-8,16H,9,15H2. The summed E-state index contributed by atoms with van der Waals surface area (Å²) in [4.78, 5) is -0.115. The lowest BCUT2D eigenvalue weighted by molar-refractivity contribution is 0.595. The zero-order chi connectivity index (χ0) is 13.9. The fourth-order valence-corrected chi connectivity index (χ4v) is 2.65. The third-order valence-electron chi connectivity index (χ3n) is 2.55. The second kappa shape index (κ2) is 5.38. The monoisotopic (exact) mass is 280 g/mol. The minimum atomic E-state index is -3.78. The van der Waals surface area contributed by atoms with Crippen molar-refractivity contribution in [1.82, 2.24) is 0 Å². The molecule has 0 bridgehead atoms. The second-order valence-electron chi connectivity index (χ2n) is 3.96. The second-order valence-corrected chi connectivity index (χ2v) is 5.65. The SMILES string of the molecule is NCc1ccc(NS(=O)(=O)c2cccc(F)c2)cc1. The molecule has 0 amide bonds. The summed E-state index contributed by atoms with van der Waals surface area (Å²) in [7, 11) is -3.78. The summed E-state index contributed by atoms with van der Waals surface area (Å²) >= 11 is 0. The third-order valence-corrected chi connectivity index (χ3v) is 3.93. The van der Waals surface area contributed by atoms with E-state index in [1.807, 2.05) is 0 Å². The van der Waals surface area contributed by atoms with Crippen molar-refractivity contribution in [3.63, 3.8) is 0 Å². The predicted octanol–water partition coefficient (Wildman–Crippen LogP) is 2.09. The third kappa shape index (κ3) is 3.30. The number of benzene rings is 2. The molecular formula is C13H13FN2O2S. The first-order valence-electron chi connectivity index (χ1n) is 5.59. The van der Waals surface area contributed by atoms with E-state index < -0.39 is 15.8 Å². The number of hydrogen-bond donors (Lipinski definition) is 2. The Morgan fingerprint density at radius 2 is 1.79 bits per heavy atom. The maximum atomic E-state index is 13.0. The Morgan fingerprint density at radius 3 is 2.37 bits per heavy atom. The number of anilines is 1. The van der Waals surface area contributed by atoms with Gasteiger partial charge in [-0.2, -0.15) is 0 Å². The van der Waals surface area contributed by atoms with Crippen LogP contribution in [0.15, 0.2) is 53.4 Å². The number of sulfonamides is 1. The van der Waals surface area contributed by atoms with E-state index in [1.54, 1.807) is 24.3 Å². The van der Waals surface area contributed by atoms with Crippen molar-refractivity contribution in [2.75, 3.05) is 4.72 Å². The van der Waals surface area contributed by atoms with Crippen molar-refractivity contribution in [2.45, 2.75) is 11.4 Å². The van der Waals surface area contributed by atoms with Gasteiger partial charge in [-0.05, 0) is 35.9 Å². The molecule has 0 aromatic heterocycles. The average molecular weight is 280 g/mol. The highest BCUT2D eigenvalue weighted by atomic mass is 32.2. The molecule has 4 nitrogen and oxygen atoms in total. The highest BCUT2D eigenvalue weighted by Gasteiger charge is 2.14. The molecule has 0 aliphatic carbocycles. The quantitative estimate of drug-likeness (QED) is 0.900. The predicted molar refractivity (Wildman–Crippen MR) is 71.5 cm³/mol. The summed E-state index contributed by atoms with van der Waals surface area (Å²) in [5.74, 6) is -0.596. The molecule has 0 heterocycles. The van der Waals surface area contributed by atoms with Gasteiger partial charge in [0.2, 0.25) is 0 Å². The molecule has 0 radical (unpaired) electrons. The summed E-state index contributed by atoms with van der Waals surface area (Å²) in [6.45, 7) is 0.386. The lowest BCUT2D eigenvalue weighted by Crippen LogP contribution is -2.13. The van der Waals surface area contributed by atoms with Gasteiger partial charge in [0.05, 0.1) is 4.90 Å². The highest BCUT2D eigenvalue weighted by molar-refractivity contribution is 7.92. The molecule has 100 valence electrons. The Morgan fingerprint density at radius 1 is 1.11 bits per heavy atom. The average Bonchev–Trinajstić information content (AvgIpc) is 2.39. The van der Waals surface area contributed by atoms with Crippen LogP contribution in [0.4, 0.5) is 10.1 Å². The highest BCUT2D eigenvalue weighted by Crippen LogP contribution is 2.17. The molecule has 2 aromatic carbocycles. The van der Waals surface area contributed by atoms with Crippen LogP contribution in [0.2, 0.25) is 0 Å². The van der Waals surface area contributed by atoms with Gasteiger partial charge in [-0.25, -0.2) is 12.8 Å². The van der Waals surface area contributed by atoms with E-state index in [0.717, 1.165) is 11.6 Å². The van der Waals surface area contributed by atoms with Gasteiger partial charge in [0, 0.05) is 12.2 Å². The van der Waals surface area contributed by atoms with E-state index in [4.69, 9.17) is 5.73 Å². The van der Waals surface area contributed by atoms with Crippen LogP contribution in [-0.4, -0.2) is 8.42 Å². The molecular weight excluding hydrogens is 267 g/mol. The van der Waals surface area contributed by atoms with Crippen LogP contribution in [0.5, 0.6) is 0 Å². The number of nitrogens with two attached hydrogens (primary N) is 1. The van der Waals surface area contributed by atoms with E-state index in [1.165, 1.54) is 18.2 Å². The number of halogens is 1. The zero-order valence-electron chi connectivity index (χ0n) is 10.0. The Hall–Kier alpha value is -1.92. The van der Waals surface area contributed by atoms with Gasteiger partial charge in [-0.3, -0.25) is 4.72 Å². The number of hydrogen-bond acceptors (Lipinski definition) is 3. The summed E-state index contributed by atoms with van der Waals surface area (Å²) < 4.78 is 39.4.